The van der Waals surface area contributed by atoms with Gasteiger partial charge in [0.15, 0.2) is 4.96 Å². The Bertz CT molecular complexity index is 1170. The van der Waals surface area contributed by atoms with Gasteiger partial charge < -0.3 is 4.90 Å². The van der Waals surface area contributed by atoms with Crippen LogP contribution in [0.25, 0.3) is 16.2 Å². The third kappa shape index (κ3) is 2.90. The van der Waals surface area contributed by atoms with E-state index >= 15 is 0 Å². The maximum absolute atomic E-state index is 14.4. The summed E-state index contributed by atoms with van der Waals surface area (Å²) >= 11 is 1.51. The fourth-order valence-corrected chi connectivity index (χ4v) is 4.68. The van der Waals surface area contributed by atoms with Gasteiger partial charge in [0.25, 0.3) is 0 Å². The Hall–Kier alpha value is -2.99. The van der Waals surface area contributed by atoms with E-state index in [0.717, 1.165) is 40.3 Å². The largest absolute Gasteiger partial charge is 0.309 e. The molecule has 0 bridgehead atoms. The van der Waals surface area contributed by atoms with Crippen LogP contribution in [-0.4, -0.2) is 21.8 Å². The Labute approximate surface area is 165 Å². The third-order valence-corrected chi connectivity index (χ3v) is 6.04. The fourth-order valence-electron chi connectivity index (χ4n) is 3.81. The van der Waals surface area contributed by atoms with Gasteiger partial charge >= 0.3 is 0 Å². The number of para-hydroxylation sites is 1. The number of rotatable bonds is 3. The number of anilines is 1. The SMILES string of the molecule is O=C(Cc1csc2nc(-c3ccccc3)cn12)N1CCCc2cccc(F)c21. The minimum Gasteiger partial charge on any atom is -0.309 e. The number of benzene rings is 2. The number of hydrogen-bond acceptors (Lipinski definition) is 3. The highest BCUT2D eigenvalue weighted by Gasteiger charge is 2.26. The zero-order valence-electron chi connectivity index (χ0n) is 15.1. The summed E-state index contributed by atoms with van der Waals surface area (Å²) in [5.74, 6) is -0.407. The van der Waals surface area contributed by atoms with Crippen molar-refractivity contribution in [2.45, 2.75) is 19.3 Å². The number of carbonyl (C=O) groups is 1. The van der Waals surface area contributed by atoms with E-state index in [4.69, 9.17) is 0 Å². The molecule has 0 saturated carbocycles. The van der Waals surface area contributed by atoms with Gasteiger partial charge in [-0.15, -0.1) is 11.3 Å². The lowest BCUT2D eigenvalue weighted by atomic mass is 10.0. The van der Waals surface area contributed by atoms with Crippen LogP contribution in [0.3, 0.4) is 0 Å². The molecule has 0 saturated heterocycles. The van der Waals surface area contributed by atoms with Gasteiger partial charge in [-0.25, -0.2) is 9.37 Å². The number of aryl methyl sites for hydroxylation is 1. The average Bonchev–Trinajstić information content (AvgIpc) is 3.30. The predicted octanol–water partition coefficient (Wildman–Crippen LogP) is 4.72. The monoisotopic (exact) mass is 391 g/mol. The minimum absolute atomic E-state index is 0.0827. The second kappa shape index (κ2) is 6.87. The topological polar surface area (TPSA) is 37.6 Å². The highest BCUT2D eigenvalue weighted by molar-refractivity contribution is 7.15. The van der Waals surface area contributed by atoms with E-state index < -0.39 is 0 Å². The van der Waals surface area contributed by atoms with Crippen molar-refractivity contribution in [3.05, 3.63) is 77.2 Å². The van der Waals surface area contributed by atoms with E-state index in [9.17, 15) is 9.18 Å². The fraction of sp³-hybridized carbons (Fsp3) is 0.182. The van der Waals surface area contributed by atoms with E-state index in [1.807, 2.05) is 52.4 Å². The number of thiazole rings is 1. The first kappa shape index (κ1) is 17.1. The number of fused-ring (bicyclic) bond motifs is 2. The van der Waals surface area contributed by atoms with Crippen molar-refractivity contribution in [3.8, 4) is 11.3 Å². The van der Waals surface area contributed by atoms with Crippen molar-refractivity contribution < 1.29 is 9.18 Å². The number of imidazole rings is 1. The molecule has 6 heteroatoms. The van der Waals surface area contributed by atoms with Crippen molar-refractivity contribution >= 4 is 27.9 Å². The summed E-state index contributed by atoms with van der Waals surface area (Å²) in [6.45, 7) is 0.555. The first-order valence-electron chi connectivity index (χ1n) is 9.29. The number of halogens is 1. The quantitative estimate of drug-likeness (QED) is 0.507. The van der Waals surface area contributed by atoms with Crippen LogP contribution >= 0.6 is 11.3 Å². The Kier molecular flexibility index (Phi) is 4.20. The molecule has 0 fully saturated rings. The van der Waals surface area contributed by atoms with Crippen LogP contribution in [0.15, 0.2) is 60.1 Å². The second-order valence-corrected chi connectivity index (χ2v) is 7.78. The van der Waals surface area contributed by atoms with Crippen molar-refractivity contribution in [1.82, 2.24) is 9.38 Å². The lowest BCUT2D eigenvalue weighted by Gasteiger charge is -2.29. The van der Waals surface area contributed by atoms with Gasteiger partial charge in [-0.05, 0) is 24.5 Å². The third-order valence-electron chi connectivity index (χ3n) is 5.15. The smallest absolute Gasteiger partial charge is 0.233 e. The Balaban J connectivity index is 1.45. The molecule has 0 radical (unpaired) electrons. The molecule has 5 rings (SSSR count). The van der Waals surface area contributed by atoms with Crippen LogP contribution in [0.4, 0.5) is 10.1 Å². The van der Waals surface area contributed by atoms with E-state index in [0.29, 0.717) is 12.2 Å². The molecule has 4 aromatic rings. The van der Waals surface area contributed by atoms with E-state index in [-0.39, 0.29) is 18.1 Å². The number of amides is 1. The zero-order valence-corrected chi connectivity index (χ0v) is 16.0. The van der Waals surface area contributed by atoms with Gasteiger partial charge in [-0.1, -0.05) is 42.5 Å². The maximum Gasteiger partial charge on any atom is 0.233 e. The molecule has 0 N–H and O–H groups in total. The molecule has 1 amide bonds. The van der Waals surface area contributed by atoms with E-state index in [1.165, 1.54) is 17.4 Å². The van der Waals surface area contributed by atoms with Gasteiger partial charge in [0.1, 0.15) is 5.82 Å². The molecule has 2 aromatic carbocycles. The summed E-state index contributed by atoms with van der Waals surface area (Å²) in [4.78, 5) is 20.2. The summed E-state index contributed by atoms with van der Waals surface area (Å²) in [6.07, 6.45) is 3.85. The summed E-state index contributed by atoms with van der Waals surface area (Å²) in [6, 6.07) is 15.0. The zero-order chi connectivity index (χ0) is 19.1. The molecule has 0 spiro atoms. The molecule has 28 heavy (non-hydrogen) atoms. The summed E-state index contributed by atoms with van der Waals surface area (Å²) in [7, 11) is 0. The number of aromatic nitrogens is 2. The van der Waals surface area contributed by atoms with Gasteiger partial charge in [0, 0.05) is 29.4 Å². The van der Waals surface area contributed by atoms with Gasteiger partial charge in [-0.3, -0.25) is 9.20 Å². The van der Waals surface area contributed by atoms with Crippen LogP contribution in [0.5, 0.6) is 0 Å². The Morgan fingerprint density at radius 2 is 2.00 bits per heavy atom. The molecule has 0 atom stereocenters. The van der Waals surface area contributed by atoms with Crippen LogP contribution in [-0.2, 0) is 17.6 Å². The lowest BCUT2D eigenvalue weighted by molar-refractivity contribution is -0.118. The van der Waals surface area contributed by atoms with Gasteiger partial charge in [0.05, 0.1) is 17.8 Å². The molecular formula is C22H18FN3OS. The van der Waals surface area contributed by atoms with E-state index in [1.54, 1.807) is 11.0 Å². The average molecular weight is 391 g/mol. The minimum atomic E-state index is -0.324. The molecule has 2 aromatic heterocycles. The molecule has 0 unspecified atom stereocenters. The molecule has 1 aliphatic heterocycles. The number of carbonyl (C=O) groups excluding carboxylic acids is 1. The second-order valence-electron chi connectivity index (χ2n) is 6.95. The maximum atomic E-state index is 14.4. The van der Waals surface area contributed by atoms with Gasteiger partial charge in [-0.2, -0.15) is 0 Å². The van der Waals surface area contributed by atoms with Crippen LogP contribution < -0.4 is 4.90 Å². The normalized spacial score (nSPS) is 13.7. The van der Waals surface area contributed by atoms with Crippen molar-refractivity contribution in [3.63, 3.8) is 0 Å². The molecular weight excluding hydrogens is 373 g/mol. The first-order chi connectivity index (χ1) is 13.7. The van der Waals surface area contributed by atoms with Crippen LogP contribution in [0, 0.1) is 5.82 Å². The predicted molar refractivity (Wildman–Crippen MR) is 109 cm³/mol. The van der Waals surface area contributed by atoms with Crippen LogP contribution in [0.2, 0.25) is 0 Å². The summed E-state index contributed by atoms with van der Waals surface area (Å²) < 4.78 is 16.4. The molecule has 140 valence electrons. The first-order valence-corrected chi connectivity index (χ1v) is 10.2. The van der Waals surface area contributed by atoms with Gasteiger partial charge in [0.2, 0.25) is 5.91 Å². The number of nitrogens with zero attached hydrogens (tertiary/aromatic N) is 3. The standard InChI is InChI=1S/C22H18FN3OS/c23-18-10-4-8-16-9-5-11-25(21(16)18)20(27)12-17-14-28-22-24-19(13-26(17)22)15-6-2-1-3-7-15/h1-4,6-8,10,13-14H,5,9,11-12H2. The summed E-state index contributed by atoms with van der Waals surface area (Å²) in [5, 5.41) is 1.96. The highest BCUT2D eigenvalue weighted by Crippen LogP contribution is 2.31. The van der Waals surface area contributed by atoms with E-state index in [2.05, 4.69) is 4.98 Å². The van der Waals surface area contributed by atoms with Crippen molar-refractivity contribution in [2.75, 3.05) is 11.4 Å². The lowest BCUT2D eigenvalue weighted by Crippen LogP contribution is -2.37. The molecule has 0 aliphatic carbocycles. The highest BCUT2D eigenvalue weighted by atomic mass is 32.1. The molecule has 4 nitrogen and oxygen atoms in total. The van der Waals surface area contributed by atoms with Crippen molar-refractivity contribution in [2.24, 2.45) is 0 Å². The van der Waals surface area contributed by atoms with Crippen LogP contribution in [0.1, 0.15) is 17.7 Å². The molecule has 3 heterocycles. The Morgan fingerprint density at radius 1 is 1.14 bits per heavy atom. The Morgan fingerprint density at radius 3 is 2.86 bits per heavy atom. The molecule has 1 aliphatic rings. The summed E-state index contributed by atoms with van der Waals surface area (Å²) in [5.41, 5.74) is 4.16. The number of hydrogen-bond donors (Lipinski definition) is 0. The van der Waals surface area contributed by atoms with Crippen molar-refractivity contribution in [1.29, 1.82) is 0 Å².